The second-order valence-corrected chi connectivity index (χ2v) is 6.20. The summed E-state index contributed by atoms with van der Waals surface area (Å²) in [4.78, 5) is 27.2. The summed E-state index contributed by atoms with van der Waals surface area (Å²) in [5.74, 6) is -1.42. The number of hydrogen-bond donors (Lipinski definition) is 4. The van der Waals surface area contributed by atoms with Gasteiger partial charge in [0, 0.05) is 29.2 Å². The van der Waals surface area contributed by atoms with Crippen LogP contribution in [0.1, 0.15) is 12.5 Å². The number of carbonyl (C=O) groups excluding carboxylic acids is 1. The molecule has 2 aromatic carbocycles. The van der Waals surface area contributed by atoms with E-state index in [4.69, 9.17) is 0 Å². The number of aromatic amines is 1. The van der Waals surface area contributed by atoms with Gasteiger partial charge in [-0.05, 0) is 30.7 Å². The van der Waals surface area contributed by atoms with Crippen molar-refractivity contribution in [3.63, 3.8) is 0 Å². The number of H-pyrrole nitrogens is 1. The minimum atomic E-state index is -1.06. The monoisotopic (exact) mass is 351 g/mol. The molecule has 4 N–H and O–H groups in total. The molecule has 0 unspecified atom stereocenters. The van der Waals surface area contributed by atoms with Gasteiger partial charge in [-0.15, -0.1) is 0 Å². The van der Waals surface area contributed by atoms with Crippen molar-refractivity contribution in [1.82, 2.24) is 10.3 Å². The lowest BCUT2D eigenvalue weighted by Gasteiger charge is -2.19. The lowest BCUT2D eigenvalue weighted by atomic mass is 10.0. The number of amides is 1. The van der Waals surface area contributed by atoms with Crippen LogP contribution in [-0.4, -0.2) is 34.1 Å². The molecule has 0 fully saturated rings. The lowest BCUT2D eigenvalue weighted by Crippen LogP contribution is -2.47. The normalized spacial score (nSPS) is 13.1. The number of nitrogens with one attached hydrogen (secondary N) is 3. The number of rotatable bonds is 7. The van der Waals surface area contributed by atoms with E-state index in [1.54, 1.807) is 13.1 Å². The van der Waals surface area contributed by atoms with Crippen LogP contribution in [0, 0.1) is 0 Å². The molecule has 0 bridgehead atoms. The van der Waals surface area contributed by atoms with E-state index in [0.717, 1.165) is 22.2 Å². The van der Waals surface area contributed by atoms with Crippen molar-refractivity contribution in [2.45, 2.75) is 25.4 Å². The first-order chi connectivity index (χ1) is 12.5. The van der Waals surface area contributed by atoms with Crippen LogP contribution < -0.4 is 10.6 Å². The Hall–Kier alpha value is -3.28. The maximum atomic E-state index is 12.4. The lowest BCUT2D eigenvalue weighted by molar-refractivity contribution is -0.141. The Labute approximate surface area is 151 Å². The Morgan fingerprint density at radius 1 is 1.08 bits per heavy atom. The summed E-state index contributed by atoms with van der Waals surface area (Å²) in [6.07, 6.45) is 2.00. The molecule has 0 radical (unpaired) electrons. The highest BCUT2D eigenvalue weighted by Gasteiger charge is 2.24. The van der Waals surface area contributed by atoms with Crippen LogP contribution in [0.5, 0.6) is 0 Å². The van der Waals surface area contributed by atoms with Gasteiger partial charge in [-0.3, -0.25) is 4.79 Å². The third kappa shape index (κ3) is 4.03. The Morgan fingerprint density at radius 3 is 2.50 bits per heavy atom. The summed E-state index contributed by atoms with van der Waals surface area (Å²) in [5.41, 5.74) is 2.60. The highest BCUT2D eigenvalue weighted by Crippen LogP contribution is 2.19. The van der Waals surface area contributed by atoms with E-state index in [9.17, 15) is 14.7 Å². The predicted octanol–water partition coefficient (Wildman–Crippen LogP) is 2.78. The minimum Gasteiger partial charge on any atom is -0.480 e. The van der Waals surface area contributed by atoms with Crippen molar-refractivity contribution in [2.24, 2.45) is 0 Å². The second-order valence-electron chi connectivity index (χ2n) is 6.20. The van der Waals surface area contributed by atoms with E-state index in [0.29, 0.717) is 0 Å². The number of para-hydroxylation sites is 2. The van der Waals surface area contributed by atoms with Crippen LogP contribution >= 0.6 is 0 Å². The van der Waals surface area contributed by atoms with E-state index in [1.807, 2.05) is 54.6 Å². The van der Waals surface area contributed by atoms with E-state index >= 15 is 0 Å². The van der Waals surface area contributed by atoms with E-state index in [2.05, 4.69) is 15.6 Å². The highest BCUT2D eigenvalue weighted by molar-refractivity contribution is 5.89. The standard InChI is InChI=1S/C20H21N3O3/c1-13(22-15-7-3-2-4-8-15)19(24)23-18(20(25)26)11-14-12-21-17-10-6-5-9-16(14)17/h2-10,12-13,18,21-22H,11H2,1H3,(H,23,24)(H,25,26)/t13-,18-/m0/s1. The molecule has 0 aliphatic carbocycles. The van der Waals surface area contributed by atoms with Crippen LogP contribution in [0.4, 0.5) is 5.69 Å². The minimum absolute atomic E-state index is 0.211. The van der Waals surface area contributed by atoms with Crippen LogP contribution in [0.15, 0.2) is 60.8 Å². The van der Waals surface area contributed by atoms with E-state index in [1.165, 1.54) is 0 Å². The fraction of sp³-hybridized carbons (Fsp3) is 0.200. The summed E-state index contributed by atoms with van der Waals surface area (Å²) in [7, 11) is 0. The molecule has 3 aromatic rings. The van der Waals surface area contributed by atoms with Crippen LogP contribution in [0.2, 0.25) is 0 Å². The SMILES string of the molecule is C[C@H](Nc1ccccc1)C(=O)N[C@@H](Cc1c[nH]c2ccccc12)C(=O)O. The number of carboxylic acids is 1. The van der Waals surface area contributed by atoms with Crippen molar-refractivity contribution in [1.29, 1.82) is 0 Å². The van der Waals surface area contributed by atoms with E-state index in [-0.39, 0.29) is 12.3 Å². The van der Waals surface area contributed by atoms with Gasteiger partial charge >= 0.3 is 5.97 Å². The number of hydrogen-bond acceptors (Lipinski definition) is 3. The van der Waals surface area contributed by atoms with Crippen molar-refractivity contribution >= 4 is 28.5 Å². The molecular formula is C20H21N3O3. The van der Waals surface area contributed by atoms with Gasteiger partial charge in [-0.1, -0.05) is 36.4 Å². The van der Waals surface area contributed by atoms with Gasteiger partial charge in [0.05, 0.1) is 0 Å². The Morgan fingerprint density at radius 2 is 1.77 bits per heavy atom. The second kappa shape index (κ2) is 7.74. The fourth-order valence-electron chi connectivity index (χ4n) is 2.87. The molecule has 134 valence electrons. The smallest absolute Gasteiger partial charge is 0.326 e. The molecule has 1 aromatic heterocycles. The first kappa shape index (κ1) is 17.5. The third-order valence-electron chi connectivity index (χ3n) is 4.26. The van der Waals surface area contributed by atoms with Gasteiger partial charge in [0.1, 0.15) is 12.1 Å². The summed E-state index contributed by atoms with van der Waals surface area (Å²) in [6.45, 7) is 1.70. The van der Waals surface area contributed by atoms with Gasteiger partial charge < -0.3 is 20.7 Å². The zero-order valence-corrected chi connectivity index (χ0v) is 14.4. The Balaban J connectivity index is 1.68. The maximum Gasteiger partial charge on any atom is 0.326 e. The number of carboxylic acid groups (broad SMARTS) is 1. The number of aromatic nitrogens is 1. The first-order valence-corrected chi connectivity index (χ1v) is 8.44. The number of fused-ring (bicyclic) bond motifs is 1. The summed E-state index contributed by atoms with van der Waals surface area (Å²) in [6, 6.07) is 15.4. The predicted molar refractivity (Wildman–Crippen MR) is 101 cm³/mol. The van der Waals surface area contributed by atoms with Crippen molar-refractivity contribution < 1.29 is 14.7 Å². The highest BCUT2D eigenvalue weighted by atomic mass is 16.4. The van der Waals surface area contributed by atoms with Crippen LogP contribution in [-0.2, 0) is 16.0 Å². The molecule has 0 saturated heterocycles. The first-order valence-electron chi connectivity index (χ1n) is 8.44. The fourth-order valence-corrected chi connectivity index (χ4v) is 2.87. The van der Waals surface area contributed by atoms with Crippen LogP contribution in [0.3, 0.4) is 0 Å². The van der Waals surface area contributed by atoms with Gasteiger partial charge in [0.25, 0.3) is 0 Å². The third-order valence-corrected chi connectivity index (χ3v) is 4.26. The average Bonchev–Trinajstić information content (AvgIpc) is 3.05. The zero-order chi connectivity index (χ0) is 18.5. The molecule has 3 rings (SSSR count). The van der Waals surface area contributed by atoms with Gasteiger partial charge in [0.15, 0.2) is 0 Å². The maximum absolute atomic E-state index is 12.4. The zero-order valence-electron chi connectivity index (χ0n) is 14.4. The molecule has 0 saturated carbocycles. The Kier molecular flexibility index (Phi) is 5.22. The number of anilines is 1. The van der Waals surface area contributed by atoms with E-state index < -0.39 is 18.1 Å². The molecule has 2 atom stereocenters. The van der Waals surface area contributed by atoms with Crippen molar-refractivity contribution in [3.8, 4) is 0 Å². The van der Waals surface area contributed by atoms with Gasteiger partial charge in [-0.25, -0.2) is 4.79 Å². The molecule has 0 aliphatic heterocycles. The molecule has 6 nitrogen and oxygen atoms in total. The molecule has 1 amide bonds. The topological polar surface area (TPSA) is 94.2 Å². The number of carbonyl (C=O) groups is 2. The largest absolute Gasteiger partial charge is 0.480 e. The van der Waals surface area contributed by atoms with Gasteiger partial charge in [-0.2, -0.15) is 0 Å². The summed E-state index contributed by atoms with van der Waals surface area (Å²) in [5, 5.41) is 16.2. The van der Waals surface area contributed by atoms with Crippen molar-refractivity contribution in [2.75, 3.05) is 5.32 Å². The molecule has 0 spiro atoms. The molecule has 0 aliphatic rings. The number of benzene rings is 2. The van der Waals surface area contributed by atoms with Gasteiger partial charge in [0.2, 0.25) is 5.91 Å². The molecule has 6 heteroatoms. The van der Waals surface area contributed by atoms with Crippen molar-refractivity contribution in [3.05, 3.63) is 66.4 Å². The summed E-state index contributed by atoms with van der Waals surface area (Å²) >= 11 is 0. The average molecular weight is 351 g/mol. The van der Waals surface area contributed by atoms with Crippen LogP contribution in [0.25, 0.3) is 10.9 Å². The molecular weight excluding hydrogens is 330 g/mol. The number of aliphatic carboxylic acids is 1. The molecule has 26 heavy (non-hydrogen) atoms. The molecule has 1 heterocycles. The Bertz CT molecular complexity index is 905. The summed E-state index contributed by atoms with van der Waals surface area (Å²) < 4.78 is 0. The quantitative estimate of drug-likeness (QED) is 0.526.